The van der Waals surface area contributed by atoms with Gasteiger partial charge in [-0.2, -0.15) is 0 Å². The number of carbonyl (C=O) groups is 3. The number of fused-ring (bicyclic) bond motifs is 1. The van der Waals surface area contributed by atoms with Gasteiger partial charge in [0.15, 0.2) is 0 Å². The van der Waals surface area contributed by atoms with E-state index in [-0.39, 0.29) is 6.54 Å². The fourth-order valence-electron chi connectivity index (χ4n) is 2.39. The van der Waals surface area contributed by atoms with E-state index in [0.717, 1.165) is 16.9 Å². The molecular weight excluding hydrogens is 270 g/mol. The molecule has 0 unspecified atom stereocenters. The van der Waals surface area contributed by atoms with Crippen molar-refractivity contribution in [3.05, 3.63) is 35.4 Å². The van der Waals surface area contributed by atoms with E-state index in [1.165, 1.54) is 10.5 Å². The topological polar surface area (TPSA) is 83.7 Å². The van der Waals surface area contributed by atoms with Gasteiger partial charge in [-0.15, -0.1) is 0 Å². The standard InChI is InChI=1S/C15H19N3O3/c16-7-3-8-18(11-19)15(21)14(20)17-9-6-12-4-1-2-5-13(12)10-17/h1-2,4-5,11H,3,6-10,16H2. The highest BCUT2D eigenvalue weighted by Gasteiger charge is 2.28. The number of rotatable bonds is 4. The molecule has 0 atom stereocenters. The van der Waals surface area contributed by atoms with E-state index < -0.39 is 11.8 Å². The summed E-state index contributed by atoms with van der Waals surface area (Å²) in [6.07, 6.45) is 1.60. The molecule has 1 aliphatic heterocycles. The second-order valence-electron chi connectivity index (χ2n) is 4.99. The first kappa shape index (κ1) is 15.2. The van der Waals surface area contributed by atoms with E-state index in [0.29, 0.717) is 32.5 Å². The molecule has 0 bridgehead atoms. The van der Waals surface area contributed by atoms with Gasteiger partial charge < -0.3 is 10.6 Å². The average molecular weight is 289 g/mol. The first-order valence-electron chi connectivity index (χ1n) is 6.99. The Balaban J connectivity index is 2.03. The number of amides is 3. The number of nitrogens with zero attached hydrogens (tertiary/aromatic N) is 2. The molecule has 3 amide bonds. The largest absolute Gasteiger partial charge is 0.330 e. The van der Waals surface area contributed by atoms with Crippen LogP contribution in [0, 0.1) is 0 Å². The Bertz CT molecular complexity index is 545. The molecule has 1 heterocycles. The lowest BCUT2D eigenvalue weighted by atomic mass is 10.00. The van der Waals surface area contributed by atoms with Crippen molar-refractivity contribution in [2.75, 3.05) is 19.6 Å². The summed E-state index contributed by atoms with van der Waals surface area (Å²) in [6.45, 7) is 1.44. The predicted octanol–water partition coefficient (Wildman–Crippen LogP) is -0.0949. The molecule has 0 fully saturated rings. The fraction of sp³-hybridized carbons (Fsp3) is 0.400. The van der Waals surface area contributed by atoms with Crippen LogP contribution in [0.5, 0.6) is 0 Å². The lowest BCUT2D eigenvalue weighted by molar-refractivity contribution is -0.154. The molecule has 0 spiro atoms. The van der Waals surface area contributed by atoms with Crippen LogP contribution in [0.15, 0.2) is 24.3 Å². The highest BCUT2D eigenvalue weighted by Crippen LogP contribution is 2.18. The second-order valence-corrected chi connectivity index (χ2v) is 4.99. The van der Waals surface area contributed by atoms with Crippen molar-refractivity contribution in [2.24, 2.45) is 5.73 Å². The normalized spacial score (nSPS) is 13.5. The van der Waals surface area contributed by atoms with Gasteiger partial charge in [0.25, 0.3) is 0 Å². The zero-order valence-corrected chi connectivity index (χ0v) is 11.8. The van der Waals surface area contributed by atoms with E-state index >= 15 is 0 Å². The lowest BCUT2D eigenvalue weighted by Gasteiger charge is -2.29. The molecule has 0 radical (unpaired) electrons. The van der Waals surface area contributed by atoms with Crippen LogP contribution in [-0.2, 0) is 27.3 Å². The Hall–Kier alpha value is -2.21. The molecule has 1 aromatic rings. The minimum Gasteiger partial charge on any atom is -0.330 e. The van der Waals surface area contributed by atoms with Crippen molar-refractivity contribution in [1.82, 2.24) is 9.80 Å². The van der Waals surface area contributed by atoms with Gasteiger partial charge in [-0.05, 0) is 30.5 Å². The van der Waals surface area contributed by atoms with Gasteiger partial charge in [-0.3, -0.25) is 19.3 Å². The van der Waals surface area contributed by atoms with Crippen molar-refractivity contribution in [2.45, 2.75) is 19.4 Å². The first-order chi connectivity index (χ1) is 10.2. The second kappa shape index (κ2) is 6.99. The molecule has 0 saturated heterocycles. The summed E-state index contributed by atoms with van der Waals surface area (Å²) in [7, 11) is 0. The Labute approximate surface area is 123 Å². The van der Waals surface area contributed by atoms with Gasteiger partial charge in [0.1, 0.15) is 0 Å². The van der Waals surface area contributed by atoms with Gasteiger partial charge in [-0.1, -0.05) is 24.3 Å². The van der Waals surface area contributed by atoms with Gasteiger partial charge in [0.2, 0.25) is 6.41 Å². The molecule has 2 N–H and O–H groups in total. The zero-order valence-electron chi connectivity index (χ0n) is 11.8. The maximum Gasteiger partial charge on any atom is 0.318 e. The van der Waals surface area contributed by atoms with Crippen molar-refractivity contribution in [3.8, 4) is 0 Å². The van der Waals surface area contributed by atoms with Gasteiger partial charge >= 0.3 is 11.8 Å². The molecule has 2 rings (SSSR count). The quantitative estimate of drug-likeness (QED) is 0.620. The summed E-state index contributed by atoms with van der Waals surface area (Å²) in [5.74, 6) is -1.41. The van der Waals surface area contributed by atoms with Crippen molar-refractivity contribution >= 4 is 18.2 Å². The van der Waals surface area contributed by atoms with Crippen LogP contribution in [-0.4, -0.2) is 47.7 Å². The lowest BCUT2D eigenvalue weighted by Crippen LogP contribution is -2.47. The van der Waals surface area contributed by atoms with Gasteiger partial charge in [0.05, 0.1) is 0 Å². The smallest absolute Gasteiger partial charge is 0.318 e. The van der Waals surface area contributed by atoms with Crippen LogP contribution in [0.1, 0.15) is 17.5 Å². The summed E-state index contributed by atoms with van der Waals surface area (Å²) in [4.78, 5) is 37.6. The van der Waals surface area contributed by atoms with Crippen molar-refractivity contribution in [1.29, 1.82) is 0 Å². The summed E-state index contributed by atoms with van der Waals surface area (Å²) in [5.41, 5.74) is 7.60. The molecule has 1 aliphatic rings. The molecule has 21 heavy (non-hydrogen) atoms. The molecule has 0 aromatic heterocycles. The minimum absolute atomic E-state index is 0.176. The van der Waals surface area contributed by atoms with Crippen molar-refractivity contribution in [3.63, 3.8) is 0 Å². The Kier molecular flexibility index (Phi) is 5.05. The van der Waals surface area contributed by atoms with Crippen LogP contribution < -0.4 is 5.73 Å². The zero-order chi connectivity index (χ0) is 15.2. The highest BCUT2D eigenvalue weighted by molar-refractivity contribution is 6.36. The minimum atomic E-state index is -0.780. The summed E-state index contributed by atoms with van der Waals surface area (Å²) in [6, 6.07) is 7.85. The summed E-state index contributed by atoms with van der Waals surface area (Å²) >= 11 is 0. The maximum absolute atomic E-state index is 12.2. The molecule has 6 heteroatoms. The molecule has 6 nitrogen and oxygen atoms in total. The average Bonchev–Trinajstić information content (AvgIpc) is 2.54. The Morgan fingerprint density at radius 3 is 2.67 bits per heavy atom. The Morgan fingerprint density at radius 2 is 2.00 bits per heavy atom. The predicted molar refractivity (Wildman–Crippen MR) is 77.0 cm³/mol. The summed E-state index contributed by atoms with van der Waals surface area (Å²) < 4.78 is 0. The number of nitrogens with two attached hydrogens (primary N) is 1. The van der Waals surface area contributed by atoms with E-state index in [1.54, 1.807) is 0 Å². The summed E-state index contributed by atoms with van der Waals surface area (Å²) in [5, 5.41) is 0. The molecule has 112 valence electrons. The fourth-order valence-corrected chi connectivity index (χ4v) is 2.39. The van der Waals surface area contributed by atoms with E-state index in [2.05, 4.69) is 0 Å². The van der Waals surface area contributed by atoms with Crippen LogP contribution in [0.2, 0.25) is 0 Å². The van der Waals surface area contributed by atoms with Crippen LogP contribution in [0.3, 0.4) is 0 Å². The number of carbonyl (C=O) groups excluding carboxylic acids is 3. The molecule has 0 aliphatic carbocycles. The van der Waals surface area contributed by atoms with E-state index in [1.807, 2.05) is 24.3 Å². The monoisotopic (exact) mass is 289 g/mol. The van der Waals surface area contributed by atoms with Gasteiger partial charge in [0, 0.05) is 19.6 Å². The highest BCUT2D eigenvalue weighted by atomic mass is 16.2. The van der Waals surface area contributed by atoms with Crippen LogP contribution in [0.25, 0.3) is 0 Å². The number of imide groups is 1. The molecule has 1 aromatic carbocycles. The third-order valence-corrected chi connectivity index (χ3v) is 3.59. The number of benzene rings is 1. The molecule has 0 saturated carbocycles. The Morgan fingerprint density at radius 1 is 1.29 bits per heavy atom. The van der Waals surface area contributed by atoms with Crippen LogP contribution in [0.4, 0.5) is 0 Å². The van der Waals surface area contributed by atoms with Crippen LogP contribution >= 0.6 is 0 Å². The SMILES string of the molecule is NCCCN(C=O)C(=O)C(=O)N1CCc2ccccc2C1. The first-order valence-corrected chi connectivity index (χ1v) is 6.99. The third kappa shape index (κ3) is 3.46. The van der Waals surface area contributed by atoms with Gasteiger partial charge in [-0.25, -0.2) is 0 Å². The third-order valence-electron chi connectivity index (χ3n) is 3.59. The molecular formula is C15H19N3O3. The number of hydrogen-bond donors (Lipinski definition) is 1. The van der Waals surface area contributed by atoms with E-state index in [4.69, 9.17) is 5.73 Å². The number of hydrogen-bond acceptors (Lipinski definition) is 4. The van der Waals surface area contributed by atoms with E-state index in [9.17, 15) is 14.4 Å². The van der Waals surface area contributed by atoms with Crippen molar-refractivity contribution < 1.29 is 14.4 Å². The maximum atomic E-state index is 12.2.